The maximum Gasteiger partial charge on any atom is 0.263 e. The van der Waals surface area contributed by atoms with Crippen molar-refractivity contribution in [1.29, 1.82) is 5.26 Å². The summed E-state index contributed by atoms with van der Waals surface area (Å²) in [5.74, 6) is -0.245. The van der Waals surface area contributed by atoms with Gasteiger partial charge in [0.2, 0.25) is 0 Å². The van der Waals surface area contributed by atoms with Crippen molar-refractivity contribution < 1.29 is 4.79 Å². The molecule has 1 amide bonds. The molecule has 0 aromatic rings. The molecular formula is C7H10N2O. The van der Waals surface area contributed by atoms with E-state index in [2.05, 4.69) is 0 Å². The molecule has 0 radical (unpaired) electrons. The van der Waals surface area contributed by atoms with Crippen molar-refractivity contribution in [3.05, 3.63) is 11.6 Å². The topological polar surface area (TPSA) is 44.1 Å². The molecule has 0 aliphatic carbocycles. The van der Waals surface area contributed by atoms with E-state index in [1.807, 2.05) is 0 Å². The van der Waals surface area contributed by atoms with Crippen LogP contribution in [0.2, 0.25) is 0 Å². The first-order chi connectivity index (χ1) is 4.63. The molecule has 0 aromatic heterocycles. The number of nitriles is 1. The van der Waals surface area contributed by atoms with Crippen LogP contribution in [0.1, 0.15) is 6.92 Å². The molecule has 0 spiro atoms. The monoisotopic (exact) mass is 138 g/mol. The summed E-state index contributed by atoms with van der Waals surface area (Å²) < 4.78 is 0. The first-order valence-electron chi connectivity index (χ1n) is 2.91. The fraction of sp³-hybridized carbons (Fsp3) is 0.429. The zero-order valence-electron chi connectivity index (χ0n) is 6.38. The summed E-state index contributed by atoms with van der Waals surface area (Å²) in [5.41, 5.74) is 0.185. The SMILES string of the molecule is CC=C(C#N)C(=O)N(C)C. The highest BCUT2D eigenvalue weighted by atomic mass is 16.2. The van der Waals surface area contributed by atoms with Crippen LogP contribution in [0.25, 0.3) is 0 Å². The second kappa shape index (κ2) is 3.67. The quantitative estimate of drug-likeness (QED) is 0.392. The zero-order chi connectivity index (χ0) is 8.15. The van der Waals surface area contributed by atoms with E-state index in [1.54, 1.807) is 27.1 Å². The Kier molecular flexibility index (Phi) is 3.20. The predicted molar refractivity (Wildman–Crippen MR) is 38.1 cm³/mol. The van der Waals surface area contributed by atoms with Gasteiger partial charge in [0.15, 0.2) is 0 Å². The fourth-order valence-corrected chi connectivity index (χ4v) is 0.477. The number of carbonyl (C=O) groups excluding carboxylic acids is 1. The van der Waals surface area contributed by atoms with E-state index in [9.17, 15) is 4.79 Å². The van der Waals surface area contributed by atoms with Crippen LogP contribution in [0.5, 0.6) is 0 Å². The van der Waals surface area contributed by atoms with Crippen LogP contribution >= 0.6 is 0 Å². The van der Waals surface area contributed by atoms with Gasteiger partial charge in [-0.3, -0.25) is 4.79 Å². The van der Waals surface area contributed by atoms with Crippen molar-refractivity contribution in [2.24, 2.45) is 0 Å². The molecule has 0 aliphatic rings. The van der Waals surface area contributed by atoms with E-state index in [4.69, 9.17) is 5.26 Å². The highest BCUT2D eigenvalue weighted by molar-refractivity contribution is 5.96. The van der Waals surface area contributed by atoms with E-state index >= 15 is 0 Å². The van der Waals surface area contributed by atoms with Gasteiger partial charge in [0.25, 0.3) is 5.91 Å². The van der Waals surface area contributed by atoms with Crippen molar-refractivity contribution in [2.75, 3.05) is 14.1 Å². The molecular weight excluding hydrogens is 128 g/mol. The molecule has 0 saturated heterocycles. The highest BCUT2D eigenvalue weighted by Gasteiger charge is 2.08. The third-order valence-electron chi connectivity index (χ3n) is 1.05. The van der Waals surface area contributed by atoms with Gasteiger partial charge in [0.1, 0.15) is 11.6 Å². The van der Waals surface area contributed by atoms with Gasteiger partial charge in [-0.1, -0.05) is 6.08 Å². The Hall–Kier alpha value is -1.30. The van der Waals surface area contributed by atoms with E-state index < -0.39 is 0 Å². The number of carbonyl (C=O) groups is 1. The number of amides is 1. The summed E-state index contributed by atoms with van der Waals surface area (Å²) in [6, 6.07) is 1.80. The average Bonchev–Trinajstić information content (AvgIpc) is 1.90. The minimum atomic E-state index is -0.245. The zero-order valence-corrected chi connectivity index (χ0v) is 6.38. The number of likely N-dealkylation sites (N-methyl/N-ethyl adjacent to an activating group) is 1. The Morgan fingerprint density at radius 1 is 1.60 bits per heavy atom. The largest absolute Gasteiger partial charge is 0.344 e. The lowest BCUT2D eigenvalue weighted by atomic mass is 10.2. The smallest absolute Gasteiger partial charge is 0.263 e. The molecule has 0 saturated carbocycles. The minimum Gasteiger partial charge on any atom is -0.344 e. The molecule has 0 unspecified atom stereocenters. The average molecular weight is 138 g/mol. The minimum absolute atomic E-state index is 0.185. The van der Waals surface area contributed by atoms with Crippen LogP contribution in [-0.4, -0.2) is 24.9 Å². The Morgan fingerprint density at radius 3 is 2.20 bits per heavy atom. The number of hydrogen-bond donors (Lipinski definition) is 0. The summed E-state index contributed by atoms with van der Waals surface area (Å²) >= 11 is 0. The molecule has 0 atom stereocenters. The molecule has 0 N–H and O–H groups in total. The predicted octanol–water partition coefficient (Wildman–Crippen LogP) is 0.544. The molecule has 0 bridgehead atoms. The van der Waals surface area contributed by atoms with Crippen molar-refractivity contribution >= 4 is 5.91 Å². The third kappa shape index (κ3) is 1.90. The number of allylic oxidation sites excluding steroid dienone is 1. The molecule has 3 nitrogen and oxygen atoms in total. The number of nitrogens with zero attached hydrogens (tertiary/aromatic N) is 2. The van der Waals surface area contributed by atoms with Crippen LogP contribution in [-0.2, 0) is 4.79 Å². The molecule has 54 valence electrons. The molecule has 3 heteroatoms. The van der Waals surface area contributed by atoms with Crippen LogP contribution in [0, 0.1) is 11.3 Å². The first kappa shape index (κ1) is 8.70. The summed E-state index contributed by atoms with van der Waals surface area (Å²) in [5, 5.41) is 8.38. The Morgan fingerprint density at radius 2 is 2.10 bits per heavy atom. The maximum absolute atomic E-state index is 10.9. The Bertz CT molecular complexity index is 198. The van der Waals surface area contributed by atoms with Gasteiger partial charge in [-0.15, -0.1) is 0 Å². The van der Waals surface area contributed by atoms with Crippen LogP contribution < -0.4 is 0 Å². The maximum atomic E-state index is 10.9. The summed E-state index contributed by atoms with van der Waals surface area (Å²) in [4.78, 5) is 12.3. The number of rotatable bonds is 1. The first-order valence-corrected chi connectivity index (χ1v) is 2.91. The Labute approximate surface area is 60.6 Å². The van der Waals surface area contributed by atoms with Crippen LogP contribution in [0.4, 0.5) is 0 Å². The van der Waals surface area contributed by atoms with Gasteiger partial charge in [0, 0.05) is 14.1 Å². The second-order valence-electron chi connectivity index (χ2n) is 2.01. The summed E-state index contributed by atoms with van der Waals surface area (Å²) in [7, 11) is 3.23. The van der Waals surface area contributed by atoms with E-state index in [0.29, 0.717) is 0 Å². The molecule has 0 rings (SSSR count). The van der Waals surface area contributed by atoms with E-state index in [1.165, 1.54) is 11.0 Å². The van der Waals surface area contributed by atoms with Gasteiger partial charge in [-0.2, -0.15) is 5.26 Å². The molecule has 10 heavy (non-hydrogen) atoms. The second-order valence-corrected chi connectivity index (χ2v) is 2.01. The van der Waals surface area contributed by atoms with Gasteiger partial charge in [-0.05, 0) is 6.92 Å². The summed E-state index contributed by atoms with van der Waals surface area (Å²) in [6.45, 7) is 1.67. The summed E-state index contributed by atoms with van der Waals surface area (Å²) in [6.07, 6.45) is 1.50. The van der Waals surface area contributed by atoms with E-state index in [-0.39, 0.29) is 11.5 Å². The molecule has 0 heterocycles. The van der Waals surface area contributed by atoms with Gasteiger partial charge in [-0.25, -0.2) is 0 Å². The van der Waals surface area contributed by atoms with Gasteiger partial charge < -0.3 is 4.90 Å². The fourth-order valence-electron chi connectivity index (χ4n) is 0.477. The standard InChI is InChI=1S/C7H10N2O/c1-4-6(5-8)7(10)9(2)3/h4H,1-3H3. The lowest BCUT2D eigenvalue weighted by molar-refractivity contribution is -0.124. The van der Waals surface area contributed by atoms with Crippen molar-refractivity contribution in [3.63, 3.8) is 0 Å². The molecule has 0 aliphatic heterocycles. The van der Waals surface area contributed by atoms with Gasteiger partial charge >= 0.3 is 0 Å². The number of hydrogen-bond acceptors (Lipinski definition) is 2. The van der Waals surface area contributed by atoms with Crippen molar-refractivity contribution in [2.45, 2.75) is 6.92 Å². The van der Waals surface area contributed by atoms with Crippen molar-refractivity contribution in [1.82, 2.24) is 4.90 Å². The molecule has 0 aromatic carbocycles. The van der Waals surface area contributed by atoms with Crippen LogP contribution in [0.15, 0.2) is 11.6 Å². The lowest BCUT2D eigenvalue weighted by Gasteiger charge is -2.07. The molecule has 0 fully saturated rings. The lowest BCUT2D eigenvalue weighted by Crippen LogP contribution is -2.22. The van der Waals surface area contributed by atoms with Crippen molar-refractivity contribution in [3.8, 4) is 6.07 Å². The van der Waals surface area contributed by atoms with Crippen LogP contribution in [0.3, 0.4) is 0 Å². The van der Waals surface area contributed by atoms with E-state index in [0.717, 1.165) is 0 Å². The highest BCUT2D eigenvalue weighted by Crippen LogP contribution is 1.95. The Balaban J connectivity index is 4.38. The van der Waals surface area contributed by atoms with Gasteiger partial charge in [0.05, 0.1) is 0 Å². The third-order valence-corrected chi connectivity index (χ3v) is 1.05. The normalized spacial score (nSPS) is 10.4.